The summed E-state index contributed by atoms with van der Waals surface area (Å²) in [6, 6.07) is 2.96. The number of Topliss-reactive ketones (excluding diaryl/α,β-unsaturated/α-hetero) is 1. The summed E-state index contributed by atoms with van der Waals surface area (Å²) < 4.78 is 5.74. The molecule has 2 heterocycles. The molecule has 2 aromatic rings. The fourth-order valence-electron chi connectivity index (χ4n) is 2.70. The zero-order valence-electron chi connectivity index (χ0n) is 16.4. The van der Waals surface area contributed by atoms with Gasteiger partial charge >= 0.3 is 0 Å². The average Bonchev–Trinajstić information content (AvgIpc) is 3.02. The number of hydrogen-bond acceptors (Lipinski definition) is 6. The van der Waals surface area contributed by atoms with Crippen molar-refractivity contribution in [1.29, 1.82) is 0 Å². The van der Waals surface area contributed by atoms with E-state index >= 15 is 0 Å². The van der Waals surface area contributed by atoms with Gasteiger partial charge in [0.15, 0.2) is 5.76 Å². The van der Waals surface area contributed by atoms with Gasteiger partial charge in [0.25, 0.3) is 0 Å². The lowest BCUT2D eigenvalue weighted by molar-refractivity contribution is -0.122. The maximum atomic E-state index is 12.6. The number of oxazole rings is 1. The van der Waals surface area contributed by atoms with E-state index in [1.54, 1.807) is 18.5 Å². The zero-order chi connectivity index (χ0) is 20.0. The molecule has 27 heavy (non-hydrogen) atoms. The first-order valence-electron chi connectivity index (χ1n) is 9.24. The monoisotopic (exact) mass is 372 g/mol. The molecule has 2 rings (SSSR count). The van der Waals surface area contributed by atoms with Crippen LogP contribution in [0.5, 0.6) is 0 Å². The largest absolute Gasteiger partial charge is 0.433 e. The van der Waals surface area contributed by atoms with Gasteiger partial charge in [0.1, 0.15) is 0 Å². The Labute approximate surface area is 159 Å². The van der Waals surface area contributed by atoms with Crippen LogP contribution in [0.4, 0.5) is 0 Å². The molecule has 0 aliphatic heterocycles. The van der Waals surface area contributed by atoms with E-state index in [2.05, 4.69) is 15.3 Å². The molecule has 7 nitrogen and oxygen atoms in total. The third kappa shape index (κ3) is 5.99. The van der Waals surface area contributed by atoms with Crippen LogP contribution in [0, 0.1) is 11.8 Å². The quantitative estimate of drug-likeness (QED) is 0.655. The predicted molar refractivity (Wildman–Crippen MR) is 103 cm³/mol. The second kappa shape index (κ2) is 9.41. The summed E-state index contributed by atoms with van der Waals surface area (Å²) in [6.45, 7) is 7.89. The number of carbonyl (C=O) groups is 2. The van der Waals surface area contributed by atoms with Crippen molar-refractivity contribution in [3.8, 4) is 11.5 Å². The smallest absolute Gasteiger partial charge is 0.237 e. The van der Waals surface area contributed by atoms with E-state index in [0.717, 1.165) is 0 Å². The second-order valence-electron chi connectivity index (χ2n) is 7.51. The van der Waals surface area contributed by atoms with Crippen LogP contribution in [0.3, 0.4) is 0 Å². The first-order valence-corrected chi connectivity index (χ1v) is 9.24. The molecular formula is C20H28N4O3. The van der Waals surface area contributed by atoms with Crippen LogP contribution in [0.2, 0.25) is 0 Å². The molecular weight excluding hydrogens is 344 g/mol. The minimum absolute atomic E-state index is 0.169. The Hall–Kier alpha value is -2.54. The molecule has 0 fully saturated rings. The molecule has 0 bridgehead atoms. The summed E-state index contributed by atoms with van der Waals surface area (Å²) in [5.74, 6) is 0.478. The van der Waals surface area contributed by atoms with E-state index in [0.29, 0.717) is 41.8 Å². The van der Waals surface area contributed by atoms with Gasteiger partial charge in [0, 0.05) is 12.4 Å². The van der Waals surface area contributed by atoms with Crippen LogP contribution >= 0.6 is 0 Å². The van der Waals surface area contributed by atoms with Crippen LogP contribution in [0.25, 0.3) is 11.5 Å². The highest BCUT2D eigenvalue weighted by Crippen LogP contribution is 2.23. The van der Waals surface area contributed by atoms with E-state index in [1.165, 1.54) is 0 Å². The summed E-state index contributed by atoms with van der Waals surface area (Å²) in [6.07, 6.45) is 4.45. The van der Waals surface area contributed by atoms with Crippen LogP contribution < -0.4 is 11.1 Å². The summed E-state index contributed by atoms with van der Waals surface area (Å²) >= 11 is 0. The number of nitrogens with two attached hydrogens (primary N) is 1. The van der Waals surface area contributed by atoms with E-state index < -0.39 is 6.04 Å². The number of amides is 1. The maximum Gasteiger partial charge on any atom is 0.237 e. The van der Waals surface area contributed by atoms with Crippen LogP contribution in [-0.4, -0.2) is 34.2 Å². The van der Waals surface area contributed by atoms with Crippen LogP contribution in [-0.2, 0) is 11.2 Å². The first kappa shape index (κ1) is 20.8. The lowest BCUT2D eigenvalue weighted by Gasteiger charge is -2.13. The fraction of sp³-hybridized carbons (Fsp3) is 0.500. The number of carbonyl (C=O) groups excluding carboxylic acids is 2. The maximum absolute atomic E-state index is 12.6. The molecule has 7 heteroatoms. The molecule has 0 aliphatic rings. The number of rotatable bonds is 9. The Morgan fingerprint density at radius 1 is 1.22 bits per heavy atom. The van der Waals surface area contributed by atoms with E-state index in [1.807, 2.05) is 33.8 Å². The third-order valence-corrected chi connectivity index (χ3v) is 3.95. The minimum Gasteiger partial charge on any atom is -0.433 e. The van der Waals surface area contributed by atoms with Crippen molar-refractivity contribution in [2.75, 3.05) is 6.54 Å². The van der Waals surface area contributed by atoms with Crippen molar-refractivity contribution < 1.29 is 14.0 Å². The molecule has 3 N–H and O–H groups in total. The van der Waals surface area contributed by atoms with E-state index in [4.69, 9.17) is 10.2 Å². The van der Waals surface area contributed by atoms with Gasteiger partial charge in [-0.1, -0.05) is 27.7 Å². The van der Waals surface area contributed by atoms with Gasteiger partial charge in [-0.2, -0.15) is 0 Å². The Morgan fingerprint density at radius 3 is 2.56 bits per heavy atom. The van der Waals surface area contributed by atoms with Gasteiger partial charge in [0.05, 0.1) is 23.8 Å². The molecule has 0 spiro atoms. The topological polar surface area (TPSA) is 111 Å². The van der Waals surface area contributed by atoms with Crippen molar-refractivity contribution in [1.82, 2.24) is 15.3 Å². The van der Waals surface area contributed by atoms with E-state index in [-0.39, 0.29) is 24.0 Å². The minimum atomic E-state index is -0.631. The first-order chi connectivity index (χ1) is 12.8. The molecule has 1 atom stereocenters. The fourth-order valence-corrected chi connectivity index (χ4v) is 2.70. The summed E-state index contributed by atoms with van der Waals surface area (Å²) in [5, 5.41) is 2.60. The number of nitrogens with one attached hydrogen (secondary N) is 1. The van der Waals surface area contributed by atoms with Crippen molar-refractivity contribution in [2.45, 2.75) is 46.6 Å². The molecule has 0 saturated heterocycles. The molecule has 0 radical (unpaired) electrons. The Bertz CT molecular complexity index is 769. The summed E-state index contributed by atoms with van der Waals surface area (Å²) in [5.41, 5.74) is 7.14. The number of hydrogen-bond donors (Lipinski definition) is 2. The van der Waals surface area contributed by atoms with Crippen molar-refractivity contribution in [3.05, 3.63) is 36.0 Å². The Morgan fingerprint density at radius 2 is 1.96 bits per heavy atom. The van der Waals surface area contributed by atoms with Crippen LogP contribution in [0.1, 0.15) is 50.4 Å². The SMILES string of the molecule is CC(C)Cc1nc(-c2cccnc2)oc1C(=O)CNC(=O)C(N)CC(C)C. The van der Waals surface area contributed by atoms with Gasteiger partial charge < -0.3 is 15.5 Å². The molecule has 1 unspecified atom stereocenters. The Balaban J connectivity index is 2.14. The molecule has 1 amide bonds. The molecule has 146 valence electrons. The lowest BCUT2D eigenvalue weighted by Crippen LogP contribution is -2.43. The average molecular weight is 372 g/mol. The number of ketones is 1. The molecule has 0 aliphatic carbocycles. The van der Waals surface area contributed by atoms with Gasteiger partial charge in [0.2, 0.25) is 17.6 Å². The highest BCUT2D eigenvalue weighted by molar-refractivity contribution is 5.98. The lowest BCUT2D eigenvalue weighted by atomic mass is 10.0. The van der Waals surface area contributed by atoms with Crippen molar-refractivity contribution >= 4 is 11.7 Å². The molecule has 0 aromatic carbocycles. The second-order valence-corrected chi connectivity index (χ2v) is 7.51. The highest BCUT2D eigenvalue weighted by atomic mass is 16.4. The summed E-state index contributed by atoms with van der Waals surface area (Å²) in [4.78, 5) is 33.2. The third-order valence-electron chi connectivity index (χ3n) is 3.95. The molecule has 0 saturated carbocycles. The number of aromatic nitrogens is 2. The van der Waals surface area contributed by atoms with Gasteiger partial charge in [-0.05, 0) is 36.8 Å². The van der Waals surface area contributed by atoms with Gasteiger partial charge in [-0.3, -0.25) is 14.6 Å². The highest BCUT2D eigenvalue weighted by Gasteiger charge is 2.23. The van der Waals surface area contributed by atoms with Crippen LogP contribution in [0.15, 0.2) is 28.9 Å². The van der Waals surface area contributed by atoms with Gasteiger partial charge in [-0.15, -0.1) is 0 Å². The van der Waals surface area contributed by atoms with Crippen molar-refractivity contribution in [3.63, 3.8) is 0 Å². The zero-order valence-corrected chi connectivity index (χ0v) is 16.4. The standard InChI is InChI=1S/C20H28N4O3/c1-12(2)8-15(21)19(26)23-11-17(25)18-16(9-13(3)4)24-20(27-18)14-6-5-7-22-10-14/h5-7,10,12-13,15H,8-9,11,21H2,1-4H3,(H,23,26). The summed E-state index contributed by atoms with van der Waals surface area (Å²) in [7, 11) is 0. The Kier molecular flexibility index (Phi) is 7.24. The van der Waals surface area contributed by atoms with Gasteiger partial charge in [-0.25, -0.2) is 4.98 Å². The normalized spacial score (nSPS) is 12.4. The molecule has 2 aromatic heterocycles. The van der Waals surface area contributed by atoms with E-state index in [9.17, 15) is 9.59 Å². The van der Waals surface area contributed by atoms with Crippen molar-refractivity contribution in [2.24, 2.45) is 17.6 Å². The predicted octanol–water partition coefficient (Wildman–Crippen LogP) is 2.61. The number of nitrogens with zero attached hydrogens (tertiary/aromatic N) is 2. The number of pyridine rings is 1.